The summed E-state index contributed by atoms with van der Waals surface area (Å²) in [5.41, 5.74) is 1.92. The van der Waals surface area contributed by atoms with Crippen LogP contribution in [0.1, 0.15) is 42.2 Å². The molecule has 2 aromatic carbocycles. The first-order chi connectivity index (χ1) is 13.3. The molecule has 0 unspecified atom stereocenters. The van der Waals surface area contributed by atoms with E-state index in [1.165, 1.54) is 31.3 Å². The first kappa shape index (κ1) is 17.7. The number of aryl methyl sites for hydroxylation is 1. The summed E-state index contributed by atoms with van der Waals surface area (Å²) in [5.74, 6) is -1.53. The Kier molecular flexibility index (Phi) is 4.07. The van der Waals surface area contributed by atoms with E-state index >= 15 is 0 Å². The van der Waals surface area contributed by atoms with Crippen LogP contribution in [0.4, 0.5) is 0 Å². The molecule has 1 aliphatic heterocycles. The van der Waals surface area contributed by atoms with E-state index in [9.17, 15) is 19.2 Å². The molecule has 3 aromatic rings. The van der Waals surface area contributed by atoms with Gasteiger partial charge in [0.2, 0.25) is 0 Å². The number of amides is 2. The number of imide groups is 1. The summed E-state index contributed by atoms with van der Waals surface area (Å²) in [6, 6.07) is 10.9. The SMILES string of the molecule is Cc1ccc2c(COC(=O)c3ccc4c(c3)C(=O)N(C)C4=O)cc(=O)oc2c1. The van der Waals surface area contributed by atoms with Crippen LogP contribution in [-0.4, -0.2) is 29.7 Å². The van der Waals surface area contributed by atoms with Crippen LogP contribution in [0.15, 0.2) is 51.7 Å². The number of rotatable bonds is 3. The van der Waals surface area contributed by atoms with E-state index in [0.717, 1.165) is 10.5 Å². The van der Waals surface area contributed by atoms with Crippen molar-refractivity contribution in [3.05, 3.63) is 80.7 Å². The quantitative estimate of drug-likeness (QED) is 0.396. The smallest absolute Gasteiger partial charge is 0.338 e. The van der Waals surface area contributed by atoms with Crippen LogP contribution < -0.4 is 5.63 Å². The van der Waals surface area contributed by atoms with Crippen LogP contribution in [0.5, 0.6) is 0 Å². The van der Waals surface area contributed by atoms with E-state index in [1.807, 2.05) is 13.0 Å². The lowest BCUT2D eigenvalue weighted by Crippen LogP contribution is -2.24. The molecule has 0 fully saturated rings. The van der Waals surface area contributed by atoms with Gasteiger partial charge in [-0.05, 0) is 36.8 Å². The minimum Gasteiger partial charge on any atom is -0.457 e. The Bertz CT molecular complexity index is 1220. The molecule has 2 amide bonds. The summed E-state index contributed by atoms with van der Waals surface area (Å²) in [4.78, 5) is 49.2. The van der Waals surface area contributed by atoms with Gasteiger partial charge in [-0.15, -0.1) is 0 Å². The van der Waals surface area contributed by atoms with Crippen LogP contribution >= 0.6 is 0 Å². The monoisotopic (exact) mass is 377 g/mol. The molecule has 0 saturated carbocycles. The lowest BCUT2D eigenvalue weighted by atomic mass is 10.1. The molecule has 0 spiro atoms. The van der Waals surface area contributed by atoms with Crippen LogP contribution in [0.25, 0.3) is 11.0 Å². The molecule has 0 radical (unpaired) electrons. The van der Waals surface area contributed by atoms with Gasteiger partial charge in [0, 0.05) is 24.1 Å². The Morgan fingerprint density at radius 3 is 2.54 bits per heavy atom. The molecule has 2 heterocycles. The van der Waals surface area contributed by atoms with Crippen molar-refractivity contribution in [2.75, 3.05) is 7.05 Å². The zero-order valence-corrected chi connectivity index (χ0v) is 15.1. The number of benzene rings is 2. The molecular formula is C21H15NO6. The molecular weight excluding hydrogens is 362 g/mol. The third-order valence-corrected chi connectivity index (χ3v) is 4.67. The van der Waals surface area contributed by atoms with Crippen molar-refractivity contribution in [1.82, 2.24) is 4.90 Å². The number of esters is 1. The van der Waals surface area contributed by atoms with Gasteiger partial charge in [-0.25, -0.2) is 9.59 Å². The van der Waals surface area contributed by atoms with Crippen LogP contribution in [0.2, 0.25) is 0 Å². The van der Waals surface area contributed by atoms with E-state index in [0.29, 0.717) is 16.5 Å². The van der Waals surface area contributed by atoms with Gasteiger partial charge in [0.15, 0.2) is 0 Å². The predicted octanol–water partition coefficient (Wildman–Crippen LogP) is 2.68. The van der Waals surface area contributed by atoms with Gasteiger partial charge < -0.3 is 9.15 Å². The third-order valence-electron chi connectivity index (χ3n) is 4.67. The number of carbonyl (C=O) groups excluding carboxylic acids is 3. The highest BCUT2D eigenvalue weighted by atomic mass is 16.5. The highest BCUT2D eigenvalue weighted by Gasteiger charge is 2.33. The Morgan fingerprint density at radius 2 is 1.75 bits per heavy atom. The van der Waals surface area contributed by atoms with Crippen LogP contribution in [0, 0.1) is 6.92 Å². The molecule has 0 aliphatic carbocycles. The highest BCUT2D eigenvalue weighted by Crippen LogP contribution is 2.24. The fraction of sp³-hybridized carbons (Fsp3) is 0.143. The Hall–Kier alpha value is -3.74. The minimum absolute atomic E-state index is 0.131. The molecule has 0 bridgehead atoms. The fourth-order valence-corrected chi connectivity index (χ4v) is 3.17. The molecule has 28 heavy (non-hydrogen) atoms. The fourth-order valence-electron chi connectivity index (χ4n) is 3.17. The maximum absolute atomic E-state index is 12.4. The number of hydrogen-bond acceptors (Lipinski definition) is 6. The predicted molar refractivity (Wildman–Crippen MR) is 99.2 cm³/mol. The molecule has 1 aliphatic rings. The van der Waals surface area contributed by atoms with Crippen LogP contribution in [-0.2, 0) is 11.3 Å². The van der Waals surface area contributed by atoms with Crippen molar-refractivity contribution in [3.8, 4) is 0 Å². The second kappa shape index (κ2) is 6.45. The number of nitrogens with zero attached hydrogens (tertiary/aromatic N) is 1. The molecule has 0 N–H and O–H groups in total. The van der Waals surface area contributed by atoms with E-state index in [2.05, 4.69) is 0 Å². The van der Waals surface area contributed by atoms with Gasteiger partial charge in [0.05, 0.1) is 16.7 Å². The lowest BCUT2D eigenvalue weighted by molar-refractivity contribution is 0.0473. The lowest BCUT2D eigenvalue weighted by Gasteiger charge is -2.08. The van der Waals surface area contributed by atoms with Crippen molar-refractivity contribution >= 4 is 28.8 Å². The molecule has 0 saturated heterocycles. The minimum atomic E-state index is -0.661. The maximum Gasteiger partial charge on any atom is 0.338 e. The second-order valence-electron chi connectivity index (χ2n) is 6.60. The largest absolute Gasteiger partial charge is 0.457 e. The van der Waals surface area contributed by atoms with Crippen LogP contribution in [0.3, 0.4) is 0 Å². The first-order valence-electron chi connectivity index (χ1n) is 8.52. The number of hydrogen-bond donors (Lipinski definition) is 0. The Labute approximate surface area is 159 Å². The number of fused-ring (bicyclic) bond motifs is 2. The average molecular weight is 377 g/mol. The van der Waals surface area contributed by atoms with Gasteiger partial charge in [-0.1, -0.05) is 12.1 Å². The summed E-state index contributed by atoms with van der Waals surface area (Å²) < 4.78 is 10.5. The van der Waals surface area contributed by atoms with E-state index in [-0.39, 0.29) is 23.3 Å². The summed E-state index contributed by atoms with van der Waals surface area (Å²) in [7, 11) is 1.39. The van der Waals surface area contributed by atoms with Gasteiger partial charge in [-0.2, -0.15) is 0 Å². The van der Waals surface area contributed by atoms with Crippen molar-refractivity contribution < 1.29 is 23.5 Å². The van der Waals surface area contributed by atoms with Gasteiger partial charge in [0.1, 0.15) is 12.2 Å². The molecule has 140 valence electrons. The molecule has 7 nitrogen and oxygen atoms in total. The summed E-state index contributed by atoms with van der Waals surface area (Å²) in [6.45, 7) is 1.75. The topological polar surface area (TPSA) is 93.9 Å². The molecule has 1 aromatic heterocycles. The summed E-state index contributed by atoms with van der Waals surface area (Å²) in [6.07, 6.45) is 0. The molecule has 4 rings (SSSR count). The van der Waals surface area contributed by atoms with Crippen molar-refractivity contribution in [2.45, 2.75) is 13.5 Å². The first-order valence-corrected chi connectivity index (χ1v) is 8.52. The zero-order chi connectivity index (χ0) is 20.0. The van der Waals surface area contributed by atoms with E-state index in [4.69, 9.17) is 9.15 Å². The summed E-state index contributed by atoms with van der Waals surface area (Å²) in [5, 5.41) is 0.675. The maximum atomic E-state index is 12.4. The number of carbonyl (C=O) groups is 3. The Morgan fingerprint density at radius 1 is 1.00 bits per heavy atom. The average Bonchev–Trinajstić information content (AvgIpc) is 2.89. The third kappa shape index (κ3) is 2.87. The zero-order valence-electron chi connectivity index (χ0n) is 15.1. The van der Waals surface area contributed by atoms with E-state index in [1.54, 1.807) is 12.1 Å². The summed E-state index contributed by atoms with van der Waals surface area (Å²) >= 11 is 0. The van der Waals surface area contributed by atoms with Crippen molar-refractivity contribution in [1.29, 1.82) is 0 Å². The normalized spacial score (nSPS) is 13.1. The van der Waals surface area contributed by atoms with Gasteiger partial charge in [0.25, 0.3) is 11.8 Å². The highest BCUT2D eigenvalue weighted by molar-refractivity contribution is 6.21. The molecule has 0 atom stereocenters. The van der Waals surface area contributed by atoms with Gasteiger partial charge in [-0.3, -0.25) is 14.5 Å². The number of ether oxygens (including phenoxy) is 1. The van der Waals surface area contributed by atoms with Gasteiger partial charge >= 0.3 is 11.6 Å². The standard InChI is InChI=1S/C21H15NO6/c1-11-3-5-14-13(9-18(23)28-17(14)7-11)10-27-21(26)12-4-6-15-16(8-12)20(25)22(2)19(15)24/h3-9H,10H2,1-2H3. The van der Waals surface area contributed by atoms with Crippen molar-refractivity contribution in [3.63, 3.8) is 0 Å². The van der Waals surface area contributed by atoms with E-state index < -0.39 is 23.4 Å². The molecule has 7 heteroatoms. The second-order valence-corrected chi connectivity index (χ2v) is 6.60. The van der Waals surface area contributed by atoms with Crippen molar-refractivity contribution in [2.24, 2.45) is 0 Å². The Balaban J connectivity index is 1.60.